The highest BCUT2D eigenvalue weighted by molar-refractivity contribution is 6.35. The van der Waals surface area contributed by atoms with Crippen LogP contribution in [0, 0.1) is 11.8 Å². The monoisotopic (exact) mass is 342 g/mol. The van der Waals surface area contributed by atoms with E-state index in [1.807, 2.05) is 6.92 Å². The Morgan fingerprint density at radius 2 is 2.00 bits per heavy atom. The number of anilines is 1. The lowest BCUT2D eigenvalue weighted by Crippen LogP contribution is -2.49. The molecular weight excluding hydrogens is 319 g/mol. The number of carbonyl (C=O) groups is 1. The fourth-order valence-corrected chi connectivity index (χ4v) is 3.39. The van der Waals surface area contributed by atoms with Crippen LogP contribution < -0.4 is 10.6 Å². The number of benzene rings is 1. The Bertz CT molecular complexity index is 535. The molecule has 2 rings (SSSR count). The van der Waals surface area contributed by atoms with Crippen molar-refractivity contribution in [2.24, 2.45) is 11.8 Å². The highest BCUT2D eigenvalue weighted by Gasteiger charge is 2.29. The normalized spacial score (nSPS) is 26.5. The van der Waals surface area contributed by atoms with E-state index in [0.717, 1.165) is 6.42 Å². The standard InChI is InChI=1S/C17H24Cl2N2O/c1-10-5-4-6-15(11(10)2)20-12(3)17(22)21-16-9-13(18)7-8-14(16)19/h7-12,15,20H,4-6H2,1-3H3,(H,21,22). The summed E-state index contributed by atoms with van der Waals surface area (Å²) in [5, 5.41) is 7.35. The van der Waals surface area contributed by atoms with Crippen LogP contribution >= 0.6 is 23.2 Å². The molecule has 0 bridgehead atoms. The molecule has 0 radical (unpaired) electrons. The molecule has 1 aliphatic rings. The van der Waals surface area contributed by atoms with Gasteiger partial charge in [-0.1, -0.05) is 49.9 Å². The molecule has 0 aromatic heterocycles. The zero-order valence-corrected chi connectivity index (χ0v) is 14.8. The molecule has 1 aromatic carbocycles. The van der Waals surface area contributed by atoms with E-state index in [1.54, 1.807) is 18.2 Å². The van der Waals surface area contributed by atoms with Gasteiger partial charge in [0.15, 0.2) is 0 Å². The van der Waals surface area contributed by atoms with Crippen molar-refractivity contribution >= 4 is 34.8 Å². The second-order valence-corrected chi connectivity index (χ2v) is 7.22. The van der Waals surface area contributed by atoms with Crippen LogP contribution in [0.3, 0.4) is 0 Å². The molecule has 1 fully saturated rings. The Labute approximate surface area is 142 Å². The van der Waals surface area contributed by atoms with Crippen LogP contribution in [0.1, 0.15) is 40.0 Å². The minimum absolute atomic E-state index is 0.0883. The van der Waals surface area contributed by atoms with E-state index in [-0.39, 0.29) is 11.9 Å². The van der Waals surface area contributed by atoms with E-state index in [9.17, 15) is 4.79 Å². The number of hydrogen-bond donors (Lipinski definition) is 2. The summed E-state index contributed by atoms with van der Waals surface area (Å²) in [5.41, 5.74) is 0.554. The summed E-state index contributed by atoms with van der Waals surface area (Å²) in [4.78, 5) is 12.4. The second-order valence-electron chi connectivity index (χ2n) is 6.38. The van der Waals surface area contributed by atoms with Gasteiger partial charge in [0, 0.05) is 11.1 Å². The summed E-state index contributed by atoms with van der Waals surface area (Å²) >= 11 is 12.0. The molecule has 0 saturated heterocycles. The second kappa shape index (κ2) is 7.67. The van der Waals surface area contributed by atoms with Gasteiger partial charge >= 0.3 is 0 Å². The first kappa shape index (κ1) is 17.6. The SMILES string of the molecule is CC(NC1CCCC(C)C1C)C(=O)Nc1cc(Cl)ccc1Cl. The van der Waals surface area contributed by atoms with Crippen LogP contribution in [0.25, 0.3) is 0 Å². The van der Waals surface area contributed by atoms with Crippen molar-refractivity contribution < 1.29 is 4.79 Å². The van der Waals surface area contributed by atoms with Gasteiger partial charge in [0.1, 0.15) is 0 Å². The lowest BCUT2D eigenvalue weighted by atomic mass is 9.78. The largest absolute Gasteiger partial charge is 0.323 e. The summed E-state index contributed by atoms with van der Waals surface area (Å²) in [6.45, 7) is 6.44. The van der Waals surface area contributed by atoms with Crippen LogP contribution in [0.15, 0.2) is 18.2 Å². The predicted molar refractivity (Wildman–Crippen MR) is 93.7 cm³/mol. The lowest BCUT2D eigenvalue weighted by Gasteiger charge is -2.36. The van der Waals surface area contributed by atoms with E-state index in [0.29, 0.717) is 33.6 Å². The van der Waals surface area contributed by atoms with Crippen molar-refractivity contribution in [1.29, 1.82) is 0 Å². The summed E-state index contributed by atoms with van der Waals surface area (Å²) in [6.07, 6.45) is 3.62. The first-order chi connectivity index (χ1) is 10.4. The van der Waals surface area contributed by atoms with Gasteiger partial charge in [0.2, 0.25) is 5.91 Å². The quantitative estimate of drug-likeness (QED) is 0.829. The van der Waals surface area contributed by atoms with Crippen LogP contribution in [0.5, 0.6) is 0 Å². The molecule has 2 N–H and O–H groups in total. The molecule has 5 heteroatoms. The summed E-state index contributed by atoms with van der Waals surface area (Å²) < 4.78 is 0. The molecule has 0 aliphatic heterocycles. The van der Waals surface area contributed by atoms with Crippen molar-refractivity contribution in [1.82, 2.24) is 5.32 Å². The Hall–Kier alpha value is -0.770. The van der Waals surface area contributed by atoms with E-state index < -0.39 is 0 Å². The molecule has 1 aliphatic carbocycles. The Morgan fingerprint density at radius 3 is 2.73 bits per heavy atom. The van der Waals surface area contributed by atoms with Crippen LogP contribution in [-0.2, 0) is 4.79 Å². The van der Waals surface area contributed by atoms with Crippen molar-refractivity contribution in [3.05, 3.63) is 28.2 Å². The third-order valence-electron chi connectivity index (χ3n) is 4.75. The maximum absolute atomic E-state index is 12.4. The third-order valence-corrected chi connectivity index (χ3v) is 5.32. The highest BCUT2D eigenvalue weighted by Crippen LogP contribution is 2.30. The van der Waals surface area contributed by atoms with Gasteiger partial charge in [-0.2, -0.15) is 0 Å². The molecule has 1 amide bonds. The number of rotatable bonds is 4. The molecule has 4 atom stereocenters. The molecule has 4 unspecified atom stereocenters. The highest BCUT2D eigenvalue weighted by atomic mass is 35.5. The van der Waals surface area contributed by atoms with Gasteiger partial charge in [-0.25, -0.2) is 0 Å². The molecule has 122 valence electrons. The van der Waals surface area contributed by atoms with Gasteiger partial charge in [0.05, 0.1) is 16.8 Å². The molecule has 3 nitrogen and oxygen atoms in total. The Morgan fingerprint density at radius 1 is 1.27 bits per heavy atom. The fraction of sp³-hybridized carbons (Fsp3) is 0.588. The third kappa shape index (κ3) is 4.37. The Balaban J connectivity index is 1.96. The van der Waals surface area contributed by atoms with Crippen molar-refractivity contribution in [3.8, 4) is 0 Å². The number of halogens is 2. The fourth-order valence-electron chi connectivity index (χ4n) is 3.05. The first-order valence-corrected chi connectivity index (χ1v) is 8.66. The van der Waals surface area contributed by atoms with E-state index >= 15 is 0 Å². The topological polar surface area (TPSA) is 41.1 Å². The predicted octanol–water partition coefficient (Wildman–Crippen LogP) is 4.73. The zero-order chi connectivity index (χ0) is 16.3. The number of nitrogens with one attached hydrogen (secondary N) is 2. The minimum atomic E-state index is -0.271. The van der Waals surface area contributed by atoms with Crippen LogP contribution in [-0.4, -0.2) is 18.0 Å². The minimum Gasteiger partial charge on any atom is -0.323 e. The number of hydrogen-bond acceptors (Lipinski definition) is 2. The Kier molecular flexibility index (Phi) is 6.13. The zero-order valence-electron chi connectivity index (χ0n) is 13.3. The summed E-state index contributed by atoms with van der Waals surface area (Å²) in [5.74, 6) is 1.19. The van der Waals surface area contributed by atoms with Gasteiger partial charge in [-0.3, -0.25) is 4.79 Å². The molecule has 1 aromatic rings. The molecular formula is C17H24Cl2N2O. The average molecular weight is 343 g/mol. The lowest BCUT2D eigenvalue weighted by molar-refractivity contribution is -0.118. The van der Waals surface area contributed by atoms with Crippen molar-refractivity contribution in [3.63, 3.8) is 0 Å². The first-order valence-electron chi connectivity index (χ1n) is 7.90. The number of carbonyl (C=O) groups excluding carboxylic acids is 1. The van der Waals surface area contributed by atoms with Gasteiger partial charge in [0.25, 0.3) is 0 Å². The number of amides is 1. The maximum Gasteiger partial charge on any atom is 0.241 e. The maximum atomic E-state index is 12.4. The van der Waals surface area contributed by atoms with E-state index in [2.05, 4.69) is 24.5 Å². The molecule has 22 heavy (non-hydrogen) atoms. The van der Waals surface area contributed by atoms with Crippen molar-refractivity contribution in [2.75, 3.05) is 5.32 Å². The van der Waals surface area contributed by atoms with Gasteiger partial charge < -0.3 is 10.6 Å². The smallest absolute Gasteiger partial charge is 0.241 e. The molecule has 1 saturated carbocycles. The van der Waals surface area contributed by atoms with E-state index in [1.165, 1.54) is 12.8 Å². The van der Waals surface area contributed by atoms with Gasteiger partial charge in [-0.05, 0) is 43.4 Å². The average Bonchev–Trinajstić information content (AvgIpc) is 2.47. The van der Waals surface area contributed by atoms with Crippen LogP contribution in [0.4, 0.5) is 5.69 Å². The van der Waals surface area contributed by atoms with Crippen molar-refractivity contribution in [2.45, 2.75) is 52.1 Å². The van der Waals surface area contributed by atoms with E-state index in [4.69, 9.17) is 23.2 Å². The van der Waals surface area contributed by atoms with Gasteiger partial charge in [-0.15, -0.1) is 0 Å². The molecule has 0 spiro atoms. The summed E-state index contributed by atoms with van der Waals surface area (Å²) in [7, 11) is 0. The molecule has 0 heterocycles. The summed E-state index contributed by atoms with van der Waals surface area (Å²) in [6, 6.07) is 5.17. The van der Waals surface area contributed by atoms with Crippen LogP contribution in [0.2, 0.25) is 10.0 Å².